The number of allylic oxidation sites excluding steroid dienone is 6. The summed E-state index contributed by atoms with van der Waals surface area (Å²) in [6.07, 6.45) is 5.03. The summed E-state index contributed by atoms with van der Waals surface area (Å²) in [5.74, 6) is -1.34. The van der Waals surface area contributed by atoms with Crippen LogP contribution in [0.15, 0.2) is 64.7 Å². The van der Waals surface area contributed by atoms with E-state index in [1.54, 1.807) is 13.0 Å². The molecule has 0 saturated heterocycles. The Morgan fingerprint density at radius 3 is 2.67 bits per heavy atom. The van der Waals surface area contributed by atoms with Crippen molar-refractivity contribution in [3.05, 3.63) is 87.2 Å². The Morgan fingerprint density at radius 2 is 1.93 bits per heavy atom. The summed E-state index contributed by atoms with van der Waals surface area (Å²) in [6, 6.07) is 4.42. The van der Waals surface area contributed by atoms with Gasteiger partial charge in [-0.15, -0.1) is 10.2 Å². The number of aromatic hydroxyl groups is 1. The van der Waals surface area contributed by atoms with E-state index in [1.165, 1.54) is 12.1 Å². The van der Waals surface area contributed by atoms with Crippen molar-refractivity contribution in [2.24, 2.45) is 0 Å². The first kappa shape index (κ1) is 33.1. The lowest BCUT2D eigenvalue weighted by atomic mass is 9.82. The van der Waals surface area contributed by atoms with Crippen molar-refractivity contribution in [2.75, 3.05) is 11.9 Å². The van der Waals surface area contributed by atoms with Crippen molar-refractivity contribution in [1.29, 1.82) is 5.26 Å². The Balaban J connectivity index is 1.59. The van der Waals surface area contributed by atoms with Crippen molar-refractivity contribution >= 4 is 25.3 Å². The van der Waals surface area contributed by atoms with E-state index in [9.17, 15) is 27.9 Å². The van der Waals surface area contributed by atoms with Gasteiger partial charge in [0, 0.05) is 17.7 Å². The van der Waals surface area contributed by atoms with Crippen LogP contribution < -0.4 is 16.0 Å². The monoisotopic (exact) mass is 617 g/mol. The molecule has 0 spiro atoms. The van der Waals surface area contributed by atoms with Gasteiger partial charge in [0.1, 0.15) is 20.1 Å². The number of halogens is 3. The van der Waals surface area contributed by atoms with Crippen molar-refractivity contribution < 1.29 is 27.9 Å². The van der Waals surface area contributed by atoms with Gasteiger partial charge in [0.05, 0.1) is 23.0 Å². The summed E-state index contributed by atoms with van der Waals surface area (Å²) < 4.78 is 39.4. The molecule has 2 aliphatic rings. The van der Waals surface area contributed by atoms with Crippen LogP contribution in [-0.4, -0.2) is 58.8 Å². The molecule has 0 fully saturated rings. The van der Waals surface area contributed by atoms with Gasteiger partial charge in [0.15, 0.2) is 5.69 Å². The molecule has 1 aromatic carbocycles. The molecule has 4 N–H and O–H groups in total. The largest absolute Gasteiger partial charge is 0.508 e. The average molecular weight is 617 g/mol. The Bertz CT molecular complexity index is 1640. The van der Waals surface area contributed by atoms with Gasteiger partial charge < -0.3 is 21.1 Å². The van der Waals surface area contributed by atoms with Crippen LogP contribution in [0.4, 0.5) is 18.9 Å². The van der Waals surface area contributed by atoms with Crippen LogP contribution in [0.5, 0.6) is 5.75 Å². The van der Waals surface area contributed by atoms with E-state index in [2.05, 4.69) is 31.4 Å². The second-order valence-corrected chi connectivity index (χ2v) is 10.8. The molecule has 2 radical (unpaired) electrons. The molecule has 1 aliphatic carbocycles. The minimum Gasteiger partial charge on any atom is -0.508 e. The van der Waals surface area contributed by atoms with Crippen LogP contribution in [-0.2, 0) is 17.4 Å². The van der Waals surface area contributed by atoms with Crippen LogP contribution in [0.3, 0.4) is 0 Å². The Morgan fingerprint density at radius 1 is 1.16 bits per heavy atom. The first-order valence-electron chi connectivity index (χ1n) is 14.2. The van der Waals surface area contributed by atoms with E-state index < -0.39 is 35.8 Å². The predicted molar refractivity (Wildman–Crippen MR) is 161 cm³/mol. The molecule has 232 valence electrons. The number of aryl methyl sites for hydroxylation is 2. The lowest BCUT2D eigenvalue weighted by Crippen LogP contribution is -2.35. The number of alkyl halides is 3. The van der Waals surface area contributed by atoms with Gasteiger partial charge in [-0.25, -0.2) is 0 Å². The number of phenols is 1. The first-order valence-corrected chi connectivity index (χ1v) is 14.2. The maximum atomic E-state index is 13.8. The highest BCUT2D eigenvalue weighted by Gasteiger charge is 2.34. The van der Waals surface area contributed by atoms with E-state index >= 15 is 0 Å². The standard InChI is InChI=1S/C31H31BF3N7O3/c1-17-5-3-4-6-25(32)22(17)9-10-26-23(14-19(38-26)7-8-20-15-27(31(33,34)35)41-42-40-20)30(45)39-28-18(2)13-21(43)16-24(28)29(44)37-12-11-36/h3-4,6,13-16,19,26,38,43H,5,7-10,12H2,1-2H3,(H,37,44)(H,39,45). The first-order chi connectivity index (χ1) is 21.4. The molecule has 14 heteroatoms. The van der Waals surface area contributed by atoms with Gasteiger partial charge in [-0.05, 0) is 74.9 Å². The zero-order valence-corrected chi connectivity index (χ0v) is 24.7. The molecule has 10 nitrogen and oxygen atoms in total. The summed E-state index contributed by atoms with van der Waals surface area (Å²) in [5, 5.41) is 37.6. The van der Waals surface area contributed by atoms with Crippen LogP contribution >= 0.6 is 0 Å². The Kier molecular flexibility index (Phi) is 10.6. The van der Waals surface area contributed by atoms with Crippen molar-refractivity contribution in [2.45, 2.75) is 64.2 Å². The minimum atomic E-state index is -4.65. The fraction of sp³-hybridized carbons (Fsp3) is 0.355. The average Bonchev–Trinajstić information content (AvgIpc) is 3.33. The van der Waals surface area contributed by atoms with E-state index in [0.29, 0.717) is 35.9 Å². The summed E-state index contributed by atoms with van der Waals surface area (Å²) in [5.41, 5.74) is 2.64. The number of anilines is 1. The van der Waals surface area contributed by atoms with E-state index in [-0.39, 0.29) is 35.7 Å². The lowest BCUT2D eigenvalue weighted by Gasteiger charge is -2.21. The van der Waals surface area contributed by atoms with Gasteiger partial charge in [-0.2, -0.15) is 18.4 Å². The quantitative estimate of drug-likeness (QED) is 0.177. The van der Waals surface area contributed by atoms with Gasteiger partial charge in [0.2, 0.25) is 0 Å². The van der Waals surface area contributed by atoms with Crippen molar-refractivity contribution in [3.8, 4) is 11.8 Å². The fourth-order valence-corrected chi connectivity index (χ4v) is 5.32. The third-order valence-electron chi connectivity index (χ3n) is 7.58. The molecule has 4 rings (SSSR count). The summed E-state index contributed by atoms with van der Waals surface area (Å²) in [7, 11) is 6.30. The SMILES string of the molecule is [B]C1=CC=CCC(C)=C1CCC1NC(CCc2cc(C(F)(F)F)nnn2)C=C1C(=O)Nc1c(C)cc(O)cc1C(=O)NCC#N. The number of nitrogens with one attached hydrogen (secondary N) is 3. The number of carbonyl (C=O) groups excluding carboxylic acids is 2. The Hall–Kier alpha value is -4.77. The third-order valence-corrected chi connectivity index (χ3v) is 7.58. The molecule has 0 bridgehead atoms. The second kappa shape index (κ2) is 14.3. The zero-order valence-electron chi connectivity index (χ0n) is 24.7. The van der Waals surface area contributed by atoms with Crippen LogP contribution in [0.1, 0.15) is 59.9 Å². The number of amides is 2. The Labute approximate surface area is 259 Å². The van der Waals surface area contributed by atoms with Gasteiger partial charge in [0.25, 0.3) is 11.8 Å². The highest BCUT2D eigenvalue weighted by Crippen LogP contribution is 2.31. The summed E-state index contributed by atoms with van der Waals surface area (Å²) in [4.78, 5) is 26.5. The number of hydrogen-bond donors (Lipinski definition) is 4. The molecule has 0 saturated carbocycles. The highest BCUT2D eigenvalue weighted by atomic mass is 19.4. The second-order valence-electron chi connectivity index (χ2n) is 10.8. The topological polar surface area (TPSA) is 153 Å². The van der Waals surface area contributed by atoms with Crippen molar-refractivity contribution in [3.63, 3.8) is 0 Å². The molecule has 2 unspecified atom stereocenters. The number of nitriles is 1. The van der Waals surface area contributed by atoms with E-state index in [1.807, 2.05) is 31.2 Å². The number of rotatable bonds is 10. The van der Waals surface area contributed by atoms with E-state index in [4.69, 9.17) is 13.1 Å². The number of nitrogens with zero attached hydrogens (tertiary/aromatic N) is 4. The molecule has 1 aliphatic heterocycles. The molecule has 2 aromatic rings. The molecular formula is C31H31BF3N7O3. The number of benzene rings is 1. The highest BCUT2D eigenvalue weighted by molar-refractivity contribution is 6.24. The van der Waals surface area contributed by atoms with Crippen molar-refractivity contribution in [1.82, 2.24) is 26.0 Å². The van der Waals surface area contributed by atoms with E-state index in [0.717, 1.165) is 23.6 Å². The maximum absolute atomic E-state index is 13.8. The number of phenolic OH excluding ortho intramolecular Hbond substituents is 1. The zero-order chi connectivity index (χ0) is 32.7. The summed E-state index contributed by atoms with van der Waals surface area (Å²) in [6.45, 7) is 3.35. The van der Waals surface area contributed by atoms with Crippen LogP contribution in [0.2, 0.25) is 0 Å². The normalized spacial score (nSPS) is 18.1. The number of hydrogen-bond acceptors (Lipinski definition) is 8. The molecule has 2 atom stereocenters. The number of aromatic nitrogens is 3. The third kappa shape index (κ3) is 8.45. The minimum absolute atomic E-state index is 0.0165. The van der Waals surface area contributed by atoms with Crippen LogP contribution in [0.25, 0.3) is 0 Å². The van der Waals surface area contributed by atoms with Gasteiger partial charge in [-0.3, -0.25) is 9.59 Å². The maximum Gasteiger partial charge on any atom is 0.435 e. The predicted octanol–water partition coefficient (Wildman–Crippen LogP) is 4.10. The van der Waals surface area contributed by atoms with Gasteiger partial charge in [-0.1, -0.05) is 40.9 Å². The number of carbonyl (C=O) groups is 2. The summed E-state index contributed by atoms with van der Waals surface area (Å²) >= 11 is 0. The molecule has 1 aromatic heterocycles. The molecule has 2 amide bonds. The van der Waals surface area contributed by atoms with Crippen LogP contribution in [0, 0.1) is 18.3 Å². The fourth-order valence-electron chi connectivity index (χ4n) is 5.32. The molecule has 45 heavy (non-hydrogen) atoms. The lowest BCUT2D eigenvalue weighted by molar-refractivity contribution is -0.142. The smallest absolute Gasteiger partial charge is 0.435 e. The molecular weight excluding hydrogens is 586 g/mol. The van der Waals surface area contributed by atoms with Gasteiger partial charge >= 0.3 is 6.18 Å². The molecule has 2 heterocycles.